The van der Waals surface area contributed by atoms with Crippen LogP contribution in [-0.2, 0) is 46.7 Å². The van der Waals surface area contributed by atoms with E-state index >= 15 is 0 Å². The van der Waals surface area contributed by atoms with Crippen molar-refractivity contribution in [3.8, 4) is 0 Å². The molecule has 2 rings (SSSR count). The molecule has 0 amide bonds. The summed E-state index contributed by atoms with van der Waals surface area (Å²) in [5, 5.41) is -0.350. The van der Waals surface area contributed by atoms with Gasteiger partial charge < -0.3 is 36.7 Å². The van der Waals surface area contributed by atoms with Gasteiger partial charge in [-0.05, 0) is 85.9 Å². The molecule has 2 aliphatic heterocycles. The van der Waals surface area contributed by atoms with Crippen molar-refractivity contribution in [1.29, 1.82) is 0 Å². The summed E-state index contributed by atoms with van der Waals surface area (Å²) in [7, 11) is -13.1. The Labute approximate surface area is 374 Å². The molecule has 2 aliphatic rings. The van der Waals surface area contributed by atoms with Gasteiger partial charge in [0.25, 0.3) is 0 Å². The Morgan fingerprint density at radius 2 is 0.850 bits per heavy atom. The molecule has 0 aliphatic carbocycles. The third-order valence-corrected chi connectivity index (χ3v) is 33.8. The minimum Gasteiger partial charge on any atom is -0.408 e. The van der Waals surface area contributed by atoms with Crippen LogP contribution in [0, 0.1) is 0 Å². The standard InChI is InChI=1S/C44H95NO10SSi4/c1-23-25-26-27-28-29-30-48-39-38(55-60(21,22)44(12,13)14)36(53-58(17,18)42(6,7)8)34(51-39)32-49-40-37(54-59(19,20)43(9,10)11)35(52-57(15,16)41(3,4)5)33(50-40)31-45-56(46,47)24-2/h33-40,45H,23-32H2,1-22H3/t33-,34-,35-,36-,37+,38+,39+,40+/m1/s1. The molecule has 60 heavy (non-hydrogen) atoms. The Balaban J connectivity index is 2.67. The fourth-order valence-electron chi connectivity index (χ4n) is 6.14. The molecular weight excluding hydrogens is 847 g/mol. The maximum absolute atomic E-state index is 12.8. The Bertz CT molecular complexity index is 1420. The SMILES string of the molecule is CCCCCCCCO[C@H]1O[C@H](CO[C@H]2O[C@H](CNS(=O)(=O)CC)[C@@H](O[Si](C)(C)C(C)(C)C)[C@@H]2O[Si](C)(C)C(C)(C)C)[C@@H](O[Si](C)(C)C(C)(C)C)[C@@H]1O[Si](C)(C)C(C)(C)C. The van der Waals surface area contributed by atoms with Crippen molar-refractivity contribution in [3.63, 3.8) is 0 Å². The summed E-state index contributed by atoms with van der Waals surface area (Å²) in [5.74, 6) is -0.0356. The second-order valence-electron chi connectivity index (χ2n) is 23.7. The zero-order valence-electron chi connectivity index (χ0n) is 42.7. The van der Waals surface area contributed by atoms with Gasteiger partial charge in [-0.1, -0.05) is 122 Å². The normalized spacial score (nSPS) is 27.0. The molecule has 11 nitrogen and oxygen atoms in total. The molecule has 0 radical (unpaired) electrons. The van der Waals surface area contributed by atoms with Gasteiger partial charge in [0, 0.05) is 13.2 Å². The van der Waals surface area contributed by atoms with E-state index in [4.69, 9.17) is 36.7 Å². The van der Waals surface area contributed by atoms with Crippen molar-refractivity contribution in [2.75, 3.05) is 25.5 Å². The Morgan fingerprint density at radius 1 is 0.500 bits per heavy atom. The van der Waals surface area contributed by atoms with E-state index < -0.39 is 92.5 Å². The number of unbranched alkanes of at least 4 members (excludes halogenated alkanes) is 5. The number of hydrogen-bond donors (Lipinski definition) is 1. The maximum atomic E-state index is 12.8. The summed E-state index contributed by atoms with van der Waals surface area (Å²) >= 11 is 0. The number of sulfonamides is 1. The van der Waals surface area contributed by atoms with Crippen LogP contribution in [0.1, 0.15) is 135 Å². The molecule has 0 aromatic carbocycles. The lowest BCUT2D eigenvalue weighted by Crippen LogP contribution is -2.56. The molecule has 16 heteroatoms. The van der Waals surface area contributed by atoms with Gasteiger partial charge in [0.05, 0.1) is 12.4 Å². The quantitative estimate of drug-likeness (QED) is 0.0783. The van der Waals surface area contributed by atoms with Crippen molar-refractivity contribution in [1.82, 2.24) is 4.72 Å². The molecule has 8 atom stereocenters. The van der Waals surface area contributed by atoms with Crippen molar-refractivity contribution in [2.45, 2.75) is 257 Å². The number of ether oxygens (including phenoxy) is 4. The van der Waals surface area contributed by atoms with Crippen LogP contribution in [-0.4, -0.2) is 116 Å². The van der Waals surface area contributed by atoms with Crippen LogP contribution >= 0.6 is 0 Å². The monoisotopic (exact) mass is 942 g/mol. The highest BCUT2D eigenvalue weighted by molar-refractivity contribution is 7.89. The Kier molecular flexibility index (Phi) is 20.2. The summed E-state index contributed by atoms with van der Waals surface area (Å²) in [6.07, 6.45) is 2.21. The first-order chi connectivity index (χ1) is 26.9. The molecule has 0 unspecified atom stereocenters. The van der Waals surface area contributed by atoms with Crippen LogP contribution < -0.4 is 4.72 Å². The summed E-state index contributed by atoms with van der Waals surface area (Å²) in [6, 6.07) is 0. The highest BCUT2D eigenvalue weighted by Gasteiger charge is 2.57. The Morgan fingerprint density at radius 3 is 1.25 bits per heavy atom. The van der Waals surface area contributed by atoms with Gasteiger partial charge in [0.2, 0.25) is 10.0 Å². The zero-order chi connectivity index (χ0) is 46.6. The zero-order valence-corrected chi connectivity index (χ0v) is 47.5. The van der Waals surface area contributed by atoms with E-state index in [1.807, 2.05) is 0 Å². The first-order valence-corrected chi connectivity index (χ1v) is 36.4. The number of hydrogen-bond acceptors (Lipinski definition) is 10. The van der Waals surface area contributed by atoms with E-state index in [9.17, 15) is 8.42 Å². The largest absolute Gasteiger partial charge is 0.408 e. The highest BCUT2D eigenvalue weighted by atomic mass is 32.2. The van der Waals surface area contributed by atoms with Gasteiger partial charge in [-0.2, -0.15) is 0 Å². The molecule has 2 heterocycles. The molecule has 0 spiro atoms. The fourth-order valence-corrected chi connectivity index (χ4v) is 12.0. The molecule has 2 fully saturated rings. The van der Waals surface area contributed by atoms with Crippen LogP contribution in [0.2, 0.25) is 72.5 Å². The topological polar surface area (TPSA) is 120 Å². The summed E-state index contributed by atoms with van der Waals surface area (Å²) in [4.78, 5) is 0. The second-order valence-corrected chi connectivity index (χ2v) is 44.8. The third kappa shape index (κ3) is 15.5. The lowest BCUT2D eigenvalue weighted by Gasteiger charge is -2.44. The Hall–Kier alpha value is 0.458. The van der Waals surface area contributed by atoms with Crippen LogP contribution in [0.5, 0.6) is 0 Å². The minimum absolute atomic E-state index is 0.0356. The van der Waals surface area contributed by atoms with E-state index in [0.717, 1.165) is 12.8 Å². The average molecular weight is 943 g/mol. The van der Waals surface area contributed by atoms with Crippen molar-refractivity contribution < 1.29 is 45.1 Å². The molecule has 0 bridgehead atoms. The van der Waals surface area contributed by atoms with Crippen LogP contribution in [0.4, 0.5) is 0 Å². The number of rotatable bonds is 23. The molecule has 1 N–H and O–H groups in total. The van der Waals surface area contributed by atoms with E-state index in [2.05, 4.69) is 147 Å². The molecule has 0 aromatic heterocycles. The van der Waals surface area contributed by atoms with E-state index in [1.54, 1.807) is 6.92 Å². The van der Waals surface area contributed by atoms with Gasteiger partial charge in [-0.25, -0.2) is 13.1 Å². The number of nitrogens with one attached hydrogen (secondary N) is 1. The van der Waals surface area contributed by atoms with E-state index in [1.165, 1.54) is 25.7 Å². The molecule has 358 valence electrons. The predicted octanol–water partition coefficient (Wildman–Crippen LogP) is 11.3. The van der Waals surface area contributed by atoms with Gasteiger partial charge in [0.15, 0.2) is 45.8 Å². The fraction of sp³-hybridized carbons (Fsp3) is 1.00. The molecule has 2 saturated heterocycles. The average Bonchev–Trinajstić information content (AvgIpc) is 3.54. The summed E-state index contributed by atoms with van der Waals surface area (Å²) in [5.41, 5.74) is 0. The van der Waals surface area contributed by atoms with Crippen molar-refractivity contribution >= 4 is 43.3 Å². The van der Waals surface area contributed by atoms with E-state index in [0.29, 0.717) is 6.61 Å². The van der Waals surface area contributed by atoms with Crippen LogP contribution in [0.3, 0.4) is 0 Å². The summed E-state index contributed by atoms with van der Waals surface area (Å²) in [6.45, 7) is 49.3. The third-order valence-electron chi connectivity index (χ3n) is 14.6. The first kappa shape index (κ1) is 56.6. The lowest BCUT2D eigenvalue weighted by molar-refractivity contribution is -0.202. The van der Waals surface area contributed by atoms with E-state index in [-0.39, 0.29) is 39.1 Å². The van der Waals surface area contributed by atoms with Crippen molar-refractivity contribution in [2.24, 2.45) is 0 Å². The van der Waals surface area contributed by atoms with Crippen LogP contribution in [0.15, 0.2) is 0 Å². The first-order valence-electron chi connectivity index (χ1n) is 23.2. The predicted molar refractivity (Wildman–Crippen MR) is 258 cm³/mol. The molecule has 0 saturated carbocycles. The highest BCUT2D eigenvalue weighted by Crippen LogP contribution is 2.46. The van der Waals surface area contributed by atoms with Gasteiger partial charge >= 0.3 is 0 Å². The molecule has 0 aromatic rings. The maximum Gasteiger partial charge on any atom is 0.211 e. The summed E-state index contributed by atoms with van der Waals surface area (Å²) < 4.78 is 84.8. The minimum atomic E-state index is -3.52. The van der Waals surface area contributed by atoms with Gasteiger partial charge in [-0.3, -0.25) is 0 Å². The molecular formula is C44H95NO10SSi4. The van der Waals surface area contributed by atoms with Gasteiger partial charge in [0.1, 0.15) is 36.6 Å². The van der Waals surface area contributed by atoms with Gasteiger partial charge in [-0.15, -0.1) is 0 Å². The van der Waals surface area contributed by atoms with Crippen LogP contribution in [0.25, 0.3) is 0 Å². The van der Waals surface area contributed by atoms with Crippen molar-refractivity contribution in [3.05, 3.63) is 0 Å². The lowest BCUT2D eigenvalue weighted by atomic mass is 10.1. The second kappa shape index (κ2) is 21.4. The smallest absolute Gasteiger partial charge is 0.211 e.